The molecule has 1 N–H and O–H groups in total. The third kappa shape index (κ3) is 4.33. The van der Waals surface area contributed by atoms with E-state index >= 15 is 0 Å². The number of hydrogen-bond donors (Lipinski definition) is 1. The Hall–Kier alpha value is -1.01. The van der Waals surface area contributed by atoms with E-state index in [1.165, 1.54) is 11.8 Å². The van der Waals surface area contributed by atoms with Gasteiger partial charge in [-0.15, -0.1) is 11.8 Å². The zero-order valence-electron chi connectivity index (χ0n) is 14.1. The van der Waals surface area contributed by atoms with Gasteiger partial charge >= 0.3 is 11.9 Å². The van der Waals surface area contributed by atoms with Crippen molar-refractivity contribution in [3.63, 3.8) is 0 Å². The fourth-order valence-electron chi connectivity index (χ4n) is 4.03. The van der Waals surface area contributed by atoms with Crippen molar-refractivity contribution in [2.45, 2.75) is 69.0 Å². The predicted molar refractivity (Wildman–Crippen MR) is 91.5 cm³/mol. The Morgan fingerprint density at radius 3 is 2.88 bits per heavy atom. The highest BCUT2D eigenvalue weighted by Crippen LogP contribution is 2.42. The highest BCUT2D eigenvalue weighted by atomic mass is 32.2. The minimum absolute atomic E-state index is 0.0731. The average molecular weight is 354 g/mol. The van der Waals surface area contributed by atoms with Gasteiger partial charge in [0.2, 0.25) is 0 Å². The highest BCUT2D eigenvalue weighted by Gasteiger charge is 2.45. The van der Waals surface area contributed by atoms with Gasteiger partial charge in [-0.25, -0.2) is 0 Å². The van der Waals surface area contributed by atoms with E-state index in [0.29, 0.717) is 12.8 Å². The zero-order chi connectivity index (χ0) is 17.1. The molecule has 6 atom stereocenters. The summed E-state index contributed by atoms with van der Waals surface area (Å²) < 4.78 is 11.2. The second-order valence-corrected chi connectivity index (χ2v) is 8.35. The lowest BCUT2D eigenvalue weighted by atomic mass is 9.87. The zero-order valence-corrected chi connectivity index (χ0v) is 14.9. The SMILES string of the molecule is C[C@H]1CCC/C=C/[C@@H]2C[C@H](O)C[C@H]2[C@@H]2OC(=O)CS[C@H]2CC(=O)O1. The summed E-state index contributed by atoms with van der Waals surface area (Å²) in [6.07, 6.45) is 7.91. The van der Waals surface area contributed by atoms with Crippen LogP contribution >= 0.6 is 11.8 Å². The van der Waals surface area contributed by atoms with Crippen LogP contribution in [0.15, 0.2) is 12.2 Å². The number of ether oxygens (including phenoxy) is 2. The molecule has 5 nitrogen and oxygen atoms in total. The van der Waals surface area contributed by atoms with Crippen LogP contribution in [-0.4, -0.2) is 46.4 Å². The van der Waals surface area contributed by atoms with E-state index in [9.17, 15) is 14.7 Å². The second-order valence-electron chi connectivity index (χ2n) is 7.12. The molecule has 0 amide bonds. The van der Waals surface area contributed by atoms with Crippen molar-refractivity contribution >= 4 is 23.7 Å². The molecule has 0 aromatic heterocycles. The largest absolute Gasteiger partial charge is 0.463 e. The second kappa shape index (κ2) is 7.91. The number of carbonyl (C=O) groups is 2. The molecule has 1 saturated heterocycles. The summed E-state index contributed by atoms with van der Waals surface area (Å²) in [7, 11) is 0. The van der Waals surface area contributed by atoms with Crippen molar-refractivity contribution < 1.29 is 24.2 Å². The number of carbonyl (C=O) groups excluding carboxylic acids is 2. The molecule has 2 fully saturated rings. The number of hydrogen-bond acceptors (Lipinski definition) is 6. The molecule has 0 unspecified atom stereocenters. The summed E-state index contributed by atoms with van der Waals surface area (Å²) in [5.41, 5.74) is 0. The molecule has 1 aliphatic carbocycles. The van der Waals surface area contributed by atoms with Gasteiger partial charge in [0.1, 0.15) is 6.10 Å². The van der Waals surface area contributed by atoms with Crippen LogP contribution in [0.5, 0.6) is 0 Å². The van der Waals surface area contributed by atoms with E-state index in [1.807, 2.05) is 6.92 Å². The Kier molecular flexibility index (Phi) is 5.87. The summed E-state index contributed by atoms with van der Waals surface area (Å²) in [5, 5.41) is 10.0. The minimum atomic E-state index is -0.365. The number of esters is 2. The molecule has 3 rings (SSSR count). The van der Waals surface area contributed by atoms with E-state index in [4.69, 9.17) is 9.47 Å². The Bertz CT molecular complexity index is 506. The van der Waals surface area contributed by atoms with E-state index in [-0.39, 0.29) is 59.5 Å². The lowest BCUT2D eigenvalue weighted by molar-refractivity contribution is -0.155. The first-order chi connectivity index (χ1) is 11.5. The number of fused-ring (bicyclic) bond motifs is 3. The van der Waals surface area contributed by atoms with E-state index in [2.05, 4.69) is 12.2 Å². The van der Waals surface area contributed by atoms with Crippen LogP contribution in [0.2, 0.25) is 0 Å². The van der Waals surface area contributed by atoms with E-state index in [0.717, 1.165) is 19.3 Å². The number of aliphatic hydroxyl groups is 1. The van der Waals surface area contributed by atoms with Crippen molar-refractivity contribution in [2.75, 3.05) is 5.75 Å². The first-order valence-corrected chi connectivity index (χ1v) is 9.93. The molecule has 1 saturated carbocycles. The van der Waals surface area contributed by atoms with Crippen molar-refractivity contribution in [3.8, 4) is 0 Å². The monoisotopic (exact) mass is 354 g/mol. The lowest BCUT2D eigenvalue weighted by Crippen LogP contribution is -2.43. The van der Waals surface area contributed by atoms with Crippen LogP contribution in [0.4, 0.5) is 0 Å². The molecule has 0 spiro atoms. The topological polar surface area (TPSA) is 72.8 Å². The molecule has 134 valence electrons. The third-order valence-electron chi connectivity index (χ3n) is 5.17. The Labute approximate surface area is 147 Å². The molecular formula is C18H26O5S. The Morgan fingerprint density at radius 1 is 1.21 bits per heavy atom. The normalized spacial score (nSPS) is 42.4. The van der Waals surface area contributed by atoms with Gasteiger partial charge in [0.05, 0.1) is 29.6 Å². The minimum Gasteiger partial charge on any atom is -0.463 e. The van der Waals surface area contributed by atoms with Gasteiger partial charge in [-0.05, 0) is 44.9 Å². The maximum Gasteiger partial charge on any atom is 0.316 e. The van der Waals surface area contributed by atoms with E-state index < -0.39 is 0 Å². The van der Waals surface area contributed by atoms with Gasteiger partial charge in [-0.1, -0.05) is 12.2 Å². The molecule has 2 aliphatic heterocycles. The van der Waals surface area contributed by atoms with Gasteiger partial charge in [-0.2, -0.15) is 0 Å². The van der Waals surface area contributed by atoms with Crippen molar-refractivity contribution in [1.82, 2.24) is 0 Å². The summed E-state index contributed by atoms with van der Waals surface area (Å²) >= 11 is 1.49. The Balaban J connectivity index is 1.83. The highest BCUT2D eigenvalue weighted by molar-refractivity contribution is 8.00. The number of cyclic esters (lactones) is 1. The van der Waals surface area contributed by atoms with Crippen molar-refractivity contribution in [2.24, 2.45) is 11.8 Å². The molecule has 24 heavy (non-hydrogen) atoms. The maximum absolute atomic E-state index is 12.2. The molecule has 6 heteroatoms. The number of allylic oxidation sites excluding steroid dienone is 2. The molecule has 0 aromatic rings. The molecule has 2 heterocycles. The van der Waals surface area contributed by atoms with Gasteiger partial charge in [-0.3, -0.25) is 9.59 Å². The predicted octanol–water partition coefficient (Wildman–Crippen LogP) is 2.46. The smallest absolute Gasteiger partial charge is 0.316 e. The van der Waals surface area contributed by atoms with Crippen LogP contribution < -0.4 is 0 Å². The summed E-state index contributed by atoms with van der Waals surface area (Å²) in [4.78, 5) is 24.1. The van der Waals surface area contributed by atoms with Crippen molar-refractivity contribution in [3.05, 3.63) is 12.2 Å². The standard InChI is InChI=1S/C18H26O5S/c1-11-5-3-2-4-6-12-7-13(19)8-14(12)18-15(9-16(20)22-11)24-10-17(21)23-18/h4,6,11-15,18-19H,2-3,5,7-10H2,1H3/b6-4+/t11-,12+,13-,14+,15-,18-/m0/s1. The quantitative estimate of drug-likeness (QED) is 0.532. The van der Waals surface area contributed by atoms with Gasteiger partial charge < -0.3 is 14.6 Å². The number of rotatable bonds is 0. The number of aliphatic hydroxyl groups excluding tert-OH is 1. The molecular weight excluding hydrogens is 328 g/mol. The molecule has 0 aromatic carbocycles. The van der Waals surface area contributed by atoms with Crippen LogP contribution in [0.25, 0.3) is 0 Å². The number of thioether (sulfide) groups is 1. The van der Waals surface area contributed by atoms with Crippen LogP contribution in [0.3, 0.4) is 0 Å². The summed E-state index contributed by atoms with van der Waals surface area (Å²) in [6, 6.07) is 0. The Morgan fingerprint density at radius 2 is 2.04 bits per heavy atom. The van der Waals surface area contributed by atoms with Crippen LogP contribution in [0, 0.1) is 11.8 Å². The summed E-state index contributed by atoms with van der Waals surface area (Å²) in [6.45, 7) is 1.93. The van der Waals surface area contributed by atoms with Gasteiger partial charge in [0, 0.05) is 5.92 Å². The maximum atomic E-state index is 12.2. The van der Waals surface area contributed by atoms with E-state index in [1.54, 1.807) is 0 Å². The van der Waals surface area contributed by atoms with Gasteiger partial charge in [0.15, 0.2) is 0 Å². The van der Waals surface area contributed by atoms with Crippen molar-refractivity contribution in [1.29, 1.82) is 0 Å². The third-order valence-corrected chi connectivity index (χ3v) is 6.44. The summed E-state index contributed by atoms with van der Waals surface area (Å²) in [5.74, 6) is 0.110. The first kappa shape index (κ1) is 17.8. The molecule has 0 radical (unpaired) electrons. The van der Waals surface area contributed by atoms with Crippen LogP contribution in [0.1, 0.15) is 45.4 Å². The van der Waals surface area contributed by atoms with Gasteiger partial charge in [0.25, 0.3) is 0 Å². The lowest BCUT2D eigenvalue weighted by Gasteiger charge is -2.36. The average Bonchev–Trinajstić information content (AvgIpc) is 2.88. The fraction of sp³-hybridized carbons (Fsp3) is 0.778. The molecule has 3 aliphatic rings. The van der Waals surface area contributed by atoms with Crippen LogP contribution in [-0.2, 0) is 19.1 Å². The first-order valence-electron chi connectivity index (χ1n) is 8.88. The molecule has 0 bridgehead atoms. The fourth-order valence-corrected chi connectivity index (χ4v) is 5.15.